The molecule has 0 fully saturated rings. The van der Waals surface area contributed by atoms with Crippen LogP contribution < -0.4 is 80.0 Å². The van der Waals surface area contributed by atoms with E-state index in [1.165, 1.54) is 65.0 Å². The van der Waals surface area contributed by atoms with E-state index in [2.05, 4.69) is 0 Å². The van der Waals surface area contributed by atoms with E-state index in [9.17, 15) is 38.4 Å². The first-order valence-corrected chi connectivity index (χ1v) is 35.5. The van der Waals surface area contributed by atoms with Gasteiger partial charge in [-0.15, -0.1) is 0 Å². The first kappa shape index (κ1) is 80.4. The van der Waals surface area contributed by atoms with Gasteiger partial charge in [0.2, 0.25) is 5.76 Å². The summed E-state index contributed by atoms with van der Waals surface area (Å²) in [7, 11) is 13.3. The number of hydrogen-bond donors (Lipinski definition) is 0. The highest BCUT2D eigenvalue weighted by Crippen LogP contribution is 2.42. The summed E-state index contributed by atoms with van der Waals surface area (Å²) >= 11 is 0. The quantitative estimate of drug-likeness (QED) is 0.0413. The minimum atomic E-state index is -0.651. The third-order valence-corrected chi connectivity index (χ3v) is 17.8. The Hall–Kier alpha value is -14.6. The first-order valence-electron chi connectivity index (χ1n) is 35.5. The molecule has 0 aliphatic heterocycles. The van der Waals surface area contributed by atoms with Crippen LogP contribution in [0.25, 0.3) is 43.9 Å². The molecule has 582 valence electrons. The Morgan fingerprint density at radius 1 is 0.351 bits per heavy atom. The molecule has 0 amide bonds. The van der Waals surface area contributed by atoms with Gasteiger partial charge in [-0.3, -0.25) is 9.59 Å². The fourth-order valence-electron chi connectivity index (χ4n) is 11.8. The van der Waals surface area contributed by atoms with Crippen molar-refractivity contribution in [2.75, 3.05) is 76.2 Å². The molecule has 5 aromatic heterocycles. The standard InChI is InChI=1S/C25H21NO5.C22H17NO6.C22H23NO5.C20H19NO5/c1-16-7-6-8-17(13-16)25(28)31-23-14-18(11-12-22(23)29-3)26(2)20-15-24(27)30-21-10-5-4-9-19(20)21;1-23(16-13-21(24)28-17-7-4-3-6-15(16)17)14-9-10-18(26-2)20(12-14)29-22(25)19-8-5-11-27-19;1-22(2,3)21(25)28-19-12-14(10-11-18(19)26-5)23(4)16-13-20(24)27-17-9-7-6-8-15(16)17;1-4-19(22)26-18-11-13(9-10-17(18)24-3)21(2)15-12-20(23)25-16-8-6-5-7-14(15)16/h4-15H,1-3H3;3-13H,1-2H3;6-13H,1-5H3;5-12H,4H2,1-3H3. The lowest BCUT2D eigenvalue weighted by Gasteiger charge is -2.23. The molecule has 9 aromatic carbocycles. The molecule has 25 nitrogen and oxygen atoms in total. The summed E-state index contributed by atoms with van der Waals surface area (Å²) in [6.45, 7) is 8.99. The van der Waals surface area contributed by atoms with Crippen LogP contribution in [0, 0.1) is 12.3 Å². The minimum Gasteiger partial charge on any atom is -0.493 e. The van der Waals surface area contributed by atoms with Crippen LogP contribution in [-0.4, -0.2) is 80.5 Å². The molecule has 0 aliphatic carbocycles. The summed E-state index contributed by atoms with van der Waals surface area (Å²) in [4.78, 5) is 104. The molecule has 0 saturated heterocycles. The van der Waals surface area contributed by atoms with Gasteiger partial charge in [0.1, 0.15) is 22.3 Å². The zero-order valence-corrected chi connectivity index (χ0v) is 64.6. The maximum Gasteiger partial charge on any atom is 0.379 e. The Morgan fingerprint density at radius 2 is 0.675 bits per heavy atom. The number of carbonyl (C=O) groups is 4. The molecule has 0 radical (unpaired) electrons. The normalized spacial score (nSPS) is 10.8. The summed E-state index contributed by atoms with van der Waals surface area (Å²) in [5.41, 5.74) is 6.56. The van der Waals surface area contributed by atoms with Gasteiger partial charge in [-0.05, 0) is 149 Å². The van der Waals surface area contributed by atoms with Gasteiger partial charge in [0.25, 0.3) is 0 Å². The molecule has 0 N–H and O–H groups in total. The van der Waals surface area contributed by atoms with Crippen molar-refractivity contribution in [1.29, 1.82) is 0 Å². The van der Waals surface area contributed by atoms with Gasteiger partial charge in [-0.25, -0.2) is 28.8 Å². The number of anilines is 8. The van der Waals surface area contributed by atoms with Crippen LogP contribution >= 0.6 is 0 Å². The van der Waals surface area contributed by atoms with E-state index in [0.29, 0.717) is 96.5 Å². The molecule has 0 spiro atoms. The Balaban J connectivity index is 0.000000150. The van der Waals surface area contributed by atoms with Gasteiger partial charge in [0.05, 0.1) is 68.4 Å². The number of para-hydroxylation sites is 4. The van der Waals surface area contributed by atoms with Crippen LogP contribution in [0.3, 0.4) is 0 Å². The highest BCUT2D eigenvalue weighted by molar-refractivity contribution is 5.97. The summed E-state index contributed by atoms with van der Waals surface area (Å²) in [6, 6.07) is 66.2. The smallest absolute Gasteiger partial charge is 0.379 e. The molecule has 0 bridgehead atoms. The molecule has 14 aromatic rings. The van der Waals surface area contributed by atoms with Gasteiger partial charge in [0, 0.05) is 127 Å². The molecule has 114 heavy (non-hydrogen) atoms. The van der Waals surface area contributed by atoms with E-state index in [1.54, 1.807) is 144 Å². The number of furan rings is 1. The van der Waals surface area contributed by atoms with Crippen LogP contribution in [0.15, 0.2) is 278 Å². The zero-order chi connectivity index (χ0) is 81.5. The Labute approximate surface area is 653 Å². The fourth-order valence-corrected chi connectivity index (χ4v) is 11.8. The highest BCUT2D eigenvalue weighted by atomic mass is 16.6. The SMILES string of the molecule is CCC(=O)Oc1cc(N(C)c2cc(=O)oc3ccccc23)ccc1OC.COc1ccc(N(C)c2cc(=O)oc3ccccc23)cc1OC(=O)C(C)(C)C.COc1ccc(N(C)c2cc(=O)oc3ccccc23)cc1OC(=O)c1cccc(C)c1.COc1ccc(N(C)c2cc(=O)oc3ccccc23)cc1OC(=O)c1ccco1. The molecular formula is C89H80N4O21. The van der Waals surface area contributed by atoms with Gasteiger partial charge in [0.15, 0.2) is 46.0 Å². The first-order chi connectivity index (χ1) is 54.7. The van der Waals surface area contributed by atoms with Crippen molar-refractivity contribution < 1.29 is 79.2 Å². The van der Waals surface area contributed by atoms with Crippen molar-refractivity contribution in [2.24, 2.45) is 5.41 Å². The van der Waals surface area contributed by atoms with Crippen LogP contribution in [0.5, 0.6) is 46.0 Å². The predicted octanol–water partition coefficient (Wildman–Crippen LogP) is 17.9. The van der Waals surface area contributed by atoms with Crippen molar-refractivity contribution in [3.8, 4) is 46.0 Å². The minimum absolute atomic E-state index is 0.0810. The molecule has 25 heteroatoms. The average Bonchev–Trinajstić information content (AvgIpc) is 0.821. The van der Waals surface area contributed by atoms with E-state index < -0.39 is 39.9 Å². The lowest BCUT2D eigenvalue weighted by atomic mass is 9.97. The third kappa shape index (κ3) is 19.0. The number of methoxy groups -OCH3 is 4. The van der Waals surface area contributed by atoms with E-state index >= 15 is 0 Å². The van der Waals surface area contributed by atoms with Crippen LogP contribution in [0.1, 0.15) is 60.6 Å². The molecule has 0 aliphatic rings. The highest BCUT2D eigenvalue weighted by Gasteiger charge is 2.27. The van der Waals surface area contributed by atoms with Gasteiger partial charge in [-0.2, -0.15) is 0 Å². The largest absolute Gasteiger partial charge is 0.493 e. The van der Waals surface area contributed by atoms with E-state index in [0.717, 1.165) is 38.5 Å². The third-order valence-electron chi connectivity index (χ3n) is 17.8. The maximum atomic E-state index is 12.7. The Bertz CT molecular complexity index is 6120. The number of benzene rings is 9. The lowest BCUT2D eigenvalue weighted by molar-refractivity contribution is -0.143. The Kier molecular flexibility index (Phi) is 25.3. The molecule has 14 rings (SSSR count). The second-order valence-electron chi connectivity index (χ2n) is 26.5. The maximum absolute atomic E-state index is 12.7. The van der Waals surface area contributed by atoms with Crippen molar-refractivity contribution in [3.63, 3.8) is 0 Å². The average molecular weight is 1540 g/mol. The number of nitrogens with zero attached hydrogens (tertiary/aromatic N) is 4. The fraction of sp³-hybridized carbons (Fsp3) is 0.169. The van der Waals surface area contributed by atoms with Gasteiger partial charge < -0.3 is 79.6 Å². The van der Waals surface area contributed by atoms with Crippen molar-refractivity contribution in [1.82, 2.24) is 0 Å². The summed E-state index contributed by atoms with van der Waals surface area (Å²) in [5, 5.41) is 3.17. The van der Waals surface area contributed by atoms with Gasteiger partial charge >= 0.3 is 46.4 Å². The second-order valence-corrected chi connectivity index (χ2v) is 26.5. The van der Waals surface area contributed by atoms with E-state index in [-0.39, 0.29) is 35.6 Å². The molecule has 5 heterocycles. The second kappa shape index (κ2) is 35.8. The molecule has 0 saturated carbocycles. The van der Waals surface area contributed by atoms with Crippen molar-refractivity contribution >= 4 is 113 Å². The zero-order valence-electron chi connectivity index (χ0n) is 64.6. The summed E-state index contributed by atoms with van der Waals surface area (Å²) in [5.74, 6) is 1.13. The number of ether oxygens (including phenoxy) is 8. The molecule has 0 atom stereocenters. The number of fused-ring (bicyclic) bond motifs is 4. The van der Waals surface area contributed by atoms with Crippen LogP contribution in [0.2, 0.25) is 0 Å². The number of hydrogen-bond acceptors (Lipinski definition) is 25. The van der Waals surface area contributed by atoms with Crippen LogP contribution in [0.4, 0.5) is 45.5 Å². The van der Waals surface area contributed by atoms with Crippen molar-refractivity contribution in [2.45, 2.75) is 41.0 Å². The predicted molar refractivity (Wildman–Crippen MR) is 435 cm³/mol. The molecular weight excluding hydrogens is 1460 g/mol. The Morgan fingerprint density at radius 3 is 0.982 bits per heavy atom. The summed E-state index contributed by atoms with van der Waals surface area (Å²) < 4.78 is 69.4. The molecule has 0 unspecified atom stereocenters. The van der Waals surface area contributed by atoms with Crippen molar-refractivity contribution in [3.05, 3.63) is 295 Å². The van der Waals surface area contributed by atoms with Gasteiger partial charge in [-0.1, -0.05) is 73.2 Å². The lowest BCUT2D eigenvalue weighted by Crippen LogP contribution is -2.25. The number of esters is 4. The monoisotopic (exact) mass is 1540 g/mol. The summed E-state index contributed by atoms with van der Waals surface area (Å²) in [6.07, 6.45) is 1.65. The van der Waals surface area contributed by atoms with E-state index in [1.807, 2.05) is 139 Å². The van der Waals surface area contributed by atoms with E-state index in [4.69, 9.17) is 60.0 Å². The number of carbonyl (C=O) groups excluding carboxylic acids is 4. The number of aryl methyl sites for hydroxylation is 1. The number of rotatable bonds is 19. The topological polar surface area (TPSA) is 289 Å². The van der Waals surface area contributed by atoms with Crippen LogP contribution in [-0.2, 0) is 9.59 Å².